The SMILES string of the molecule is Fc1ccc(Cl)c(F)c1-c1cccnc1. The number of nitrogens with zero attached hydrogens (tertiary/aromatic N) is 1. The quantitative estimate of drug-likeness (QED) is 0.675. The van der Waals surface area contributed by atoms with Crippen LogP contribution in [0.25, 0.3) is 11.1 Å². The van der Waals surface area contributed by atoms with Crippen LogP contribution in [0.1, 0.15) is 0 Å². The predicted molar refractivity (Wildman–Crippen MR) is 54.6 cm³/mol. The molecule has 0 fully saturated rings. The highest BCUT2D eigenvalue weighted by Gasteiger charge is 2.14. The normalized spacial score (nSPS) is 10.3. The van der Waals surface area contributed by atoms with E-state index < -0.39 is 11.6 Å². The second-order valence-corrected chi connectivity index (χ2v) is 3.37. The van der Waals surface area contributed by atoms with Crippen LogP contribution >= 0.6 is 11.6 Å². The number of pyridine rings is 1. The highest BCUT2D eigenvalue weighted by molar-refractivity contribution is 6.31. The lowest BCUT2D eigenvalue weighted by Crippen LogP contribution is -1.91. The maximum atomic E-state index is 13.5. The molecule has 1 heterocycles. The van der Waals surface area contributed by atoms with Gasteiger partial charge < -0.3 is 0 Å². The van der Waals surface area contributed by atoms with Crippen molar-refractivity contribution >= 4 is 11.6 Å². The summed E-state index contributed by atoms with van der Waals surface area (Å²) < 4.78 is 26.9. The molecule has 15 heavy (non-hydrogen) atoms. The van der Waals surface area contributed by atoms with Gasteiger partial charge in [-0.2, -0.15) is 0 Å². The van der Waals surface area contributed by atoms with Gasteiger partial charge in [-0.15, -0.1) is 0 Å². The molecule has 0 radical (unpaired) electrons. The van der Waals surface area contributed by atoms with Gasteiger partial charge >= 0.3 is 0 Å². The van der Waals surface area contributed by atoms with E-state index in [-0.39, 0.29) is 10.6 Å². The summed E-state index contributed by atoms with van der Waals surface area (Å²) in [6, 6.07) is 5.50. The van der Waals surface area contributed by atoms with E-state index in [1.807, 2.05) is 0 Å². The van der Waals surface area contributed by atoms with Crippen molar-refractivity contribution < 1.29 is 8.78 Å². The van der Waals surface area contributed by atoms with Crippen LogP contribution in [0.4, 0.5) is 8.78 Å². The van der Waals surface area contributed by atoms with Crippen LogP contribution in [-0.2, 0) is 0 Å². The second-order valence-electron chi connectivity index (χ2n) is 2.96. The molecule has 2 rings (SSSR count). The van der Waals surface area contributed by atoms with Crippen molar-refractivity contribution in [1.82, 2.24) is 4.98 Å². The Kier molecular flexibility index (Phi) is 2.64. The van der Waals surface area contributed by atoms with E-state index in [9.17, 15) is 8.78 Å². The molecule has 0 unspecified atom stereocenters. The molecule has 0 amide bonds. The van der Waals surface area contributed by atoms with Gasteiger partial charge in [0.1, 0.15) is 5.82 Å². The van der Waals surface area contributed by atoms with Gasteiger partial charge in [0, 0.05) is 18.0 Å². The molecule has 4 heteroatoms. The number of halogens is 3. The van der Waals surface area contributed by atoms with Crippen molar-refractivity contribution in [3.63, 3.8) is 0 Å². The van der Waals surface area contributed by atoms with Gasteiger partial charge in [0.2, 0.25) is 0 Å². The summed E-state index contributed by atoms with van der Waals surface area (Å²) in [5, 5.41) is -0.102. The Hall–Kier alpha value is -1.48. The van der Waals surface area contributed by atoms with Crippen LogP contribution in [-0.4, -0.2) is 4.98 Å². The Morgan fingerprint density at radius 2 is 1.93 bits per heavy atom. The molecule has 0 aliphatic heterocycles. The maximum Gasteiger partial charge on any atom is 0.152 e. The van der Waals surface area contributed by atoms with Crippen LogP contribution < -0.4 is 0 Å². The average molecular weight is 226 g/mol. The first-order valence-electron chi connectivity index (χ1n) is 4.24. The molecule has 1 aromatic carbocycles. The second kappa shape index (κ2) is 3.95. The molecule has 0 atom stereocenters. The van der Waals surface area contributed by atoms with Gasteiger partial charge in [-0.3, -0.25) is 4.98 Å². The summed E-state index contributed by atoms with van der Waals surface area (Å²) in [6.07, 6.45) is 2.92. The minimum atomic E-state index is -0.760. The Morgan fingerprint density at radius 1 is 1.13 bits per heavy atom. The summed E-state index contributed by atoms with van der Waals surface area (Å²) in [7, 11) is 0. The van der Waals surface area contributed by atoms with Crippen molar-refractivity contribution in [2.24, 2.45) is 0 Å². The lowest BCUT2D eigenvalue weighted by Gasteiger charge is -2.05. The van der Waals surface area contributed by atoms with Gasteiger partial charge in [0.25, 0.3) is 0 Å². The van der Waals surface area contributed by atoms with Gasteiger partial charge in [-0.1, -0.05) is 17.7 Å². The highest BCUT2D eigenvalue weighted by atomic mass is 35.5. The standard InChI is InChI=1S/C11H6ClF2N/c12-8-3-4-9(13)10(11(8)14)7-2-1-5-15-6-7/h1-6H. The number of aromatic nitrogens is 1. The van der Waals surface area contributed by atoms with Crippen molar-refractivity contribution in [2.75, 3.05) is 0 Å². The third-order valence-electron chi connectivity index (χ3n) is 1.99. The van der Waals surface area contributed by atoms with Gasteiger partial charge in [-0.25, -0.2) is 8.78 Å². The zero-order valence-electron chi connectivity index (χ0n) is 7.55. The molecule has 76 valence electrons. The zero-order chi connectivity index (χ0) is 10.8. The molecule has 0 bridgehead atoms. The summed E-state index contributed by atoms with van der Waals surface area (Å²) >= 11 is 5.57. The van der Waals surface area contributed by atoms with Gasteiger partial charge in [-0.05, 0) is 18.2 Å². The van der Waals surface area contributed by atoms with E-state index in [1.165, 1.54) is 18.5 Å². The van der Waals surface area contributed by atoms with Crippen LogP contribution in [0, 0.1) is 11.6 Å². The summed E-state index contributed by atoms with van der Waals surface area (Å²) in [5.74, 6) is -1.41. The van der Waals surface area contributed by atoms with E-state index in [0.29, 0.717) is 5.56 Å². The summed E-state index contributed by atoms with van der Waals surface area (Å²) in [6.45, 7) is 0. The van der Waals surface area contributed by atoms with E-state index in [2.05, 4.69) is 4.98 Å². The van der Waals surface area contributed by atoms with Crippen molar-refractivity contribution in [3.05, 3.63) is 53.3 Å². The topological polar surface area (TPSA) is 12.9 Å². The Bertz CT molecular complexity index is 485. The highest BCUT2D eigenvalue weighted by Crippen LogP contribution is 2.29. The minimum Gasteiger partial charge on any atom is -0.264 e. The lowest BCUT2D eigenvalue weighted by atomic mass is 10.1. The fourth-order valence-corrected chi connectivity index (χ4v) is 1.46. The third kappa shape index (κ3) is 1.83. The molecule has 0 aliphatic rings. The first kappa shape index (κ1) is 10.1. The Morgan fingerprint density at radius 3 is 2.60 bits per heavy atom. The smallest absolute Gasteiger partial charge is 0.152 e. The predicted octanol–water partition coefficient (Wildman–Crippen LogP) is 3.68. The number of rotatable bonds is 1. The minimum absolute atomic E-state index is 0.102. The Balaban J connectivity index is 2.68. The lowest BCUT2D eigenvalue weighted by molar-refractivity contribution is 0.590. The van der Waals surface area contributed by atoms with Crippen molar-refractivity contribution in [3.8, 4) is 11.1 Å². The van der Waals surface area contributed by atoms with Crippen LogP contribution in [0.15, 0.2) is 36.7 Å². The monoisotopic (exact) mass is 225 g/mol. The average Bonchev–Trinajstić information content (AvgIpc) is 2.26. The molecule has 2 aromatic rings. The number of hydrogen-bond acceptors (Lipinski definition) is 1. The Labute approximate surface area is 90.3 Å². The first-order chi connectivity index (χ1) is 7.20. The molecular formula is C11H6ClF2N. The first-order valence-corrected chi connectivity index (χ1v) is 4.62. The summed E-state index contributed by atoms with van der Waals surface area (Å²) in [5.41, 5.74) is 0.227. The fraction of sp³-hybridized carbons (Fsp3) is 0. The molecular weight excluding hydrogens is 220 g/mol. The zero-order valence-corrected chi connectivity index (χ0v) is 8.30. The van der Waals surface area contributed by atoms with Crippen molar-refractivity contribution in [1.29, 1.82) is 0 Å². The molecule has 0 N–H and O–H groups in total. The molecule has 0 aliphatic carbocycles. The number of hydrogen-bond donors (Lipinski definition) is 0. The van der Waals surface area contributed by atoms with Crippen LogP contribution in [0.3, 0.4) is 0 Å². The molecule has 0 saturated heterocycles. The summed E-state index contributed by atoms with van der Waals surface area (Å²) in [4.78, 5) is 3.80. The van der Waals surface area contributed by atoms with Crippen LogP contribution in [0.2, 0.25) is 5.02 Å². The molecule has 0 saturated carbocycles. The van der Waals surface area contributed by atoms with Crippen LogP contribution in [0.5, 0.6) is 0 Å². The fourth-order valence-electron chi connectivity index (χ4n) is 1.30. The number of benzene rings is 1. The van der Waals surface area contributed by atoms with Crippen molar-refractivity contribution in [2.45, 2.75) is 0 Å². The third-order valence-corrected chi connectivity index (χ3v) is 2.29. The van der Waals surface area contributed by atoms with E-state index in [1.54, 1.807) is 12.1 Å². The van der Waals surface area contributed by atoms with E-state index in [0.717, 1.165) is 6.07 Å². The maximum absolute atomic E-state index is 13.5. The molecule has 0 spiro atoms. The molecule has 1 aromatic heterocycles. The van der Waals surface area contributed by atoms with E-state index >= 15 is 0 Å². The molecule has 1 nitrogen and oxygen atoms in total. The van der Waals surface area contributed by atoms with Gasteiger partial charge in [0.05, 0.1) is 10.6 Å². The van der Waals surface area contributed by atoms with E-state index in [4.69, 9.17) is 11.6 Å². The van der Waals surface area contributed by atoms with Gasteiger partial charge in [0.15, 0.2) is 5.82 Å². The largest absolute Gasteiger partial charge is 0.264 e.